The molecule has 7 nitrogen and oxygen atoms in total. The first-order valence-electron chi connectivity index (χ1n) is 6.66. The molecular weight excluding hydrogens is 421 g/mol. The Morgan fingerprint density at radius 1 is 1.16 bits per heavy atom. The number of aromatic carboxylic acids is 1. The van der Waals surface area contributed by atoms with E-state index in [1.54, 1.807) is 0 Å². The van der Waals surface area contributed by atoms with E-state index in [4.69, 9.17) is 14.6 Å². The molecule has 10 heteroatoms. The average molecular weight is 434 g/mol. The fourth-order valence-electron chi connectivity index (χ4n) is 2.03. The van der Waals surface area contributed by atoms with Gasteiger partial charge in [-0.2, -0.15) is 0 Å². The van der Waals surface area contributed by atoms with Crippen LogP contribution in [-0.4, -0.2) is 33.7 Å². The molecule has 0 aliphatic carbocycles. The summed E-state index contributed by atoms with van der Waals surface area (Å²) in [6, 6.07) is 5.74. The minimum Gasteiger partial charge on any atom is -0.493 e. The van der Waals surface area contributed by atoms with Gasteiger partial charge in [-0.05, 0) is 18.2 Å². The van der Waals surface area contributed by atoms with Crippen LogP contribution in [0.4, 0.5) is 10.1 Å². The number of nitrogens with one attached hydrogen (secondary N) is 1. The molecule has 0 atom stereocenters. The third-order valence-corrected chi connectivity index (χ3v) is 5.06. The lowest BCUT2D eigenvalue weighted by Gasteiger charge is -2.14. The van der Waals surface area contributed by atoms with E-state index in [0.717, 1.165) is 12.1 Å². The van der Waals surface area contributed by atoms with Gasteiger partial charge in [0.25, 0.3) is 10.0 Å². The summed E-state index contributed by atoms with van der Waals surface area (Å²) in [5, 5.41) is 9.17. The number of rotatable bonds is 6. The largest absolute Gasteiger partial charge is 0.493 e. The molecule has 0 amide bonds. The highest BCUT2D eigenvalue weighted by atomic mass is 79.9. The Bertz CT molecular complexity index is 932. The number of methoxy groups -OCH3 is 2. The number of anilines is 1. The van der Waals surface area contributed by atoms with Crippen molar-refractivity contribution in [2.24, 2.45) is 0 Å². The summed E-state index contributed by atoms with van der Waals surface area (Å²) in [5.74, 6) is -2.38. The molecule has 2 N–H and O–H groups in total. The molecule has 2 aromatic carbocycles. The number of carbonyl (C=O) groups is 1. The highest BCUT2D eigenvalue weighted by Crippen LogP contribution is 2.33. The zero-order valence-electron chi connectivity index (χ0n) is 13.0. The Kier molecular flexibility index (Phi) is 5.53. The quantitative estimate of drug-likeness (QED) is 0.725. The lowest BCUT2D eigenvalue weighted by atomic mass is 10.2. The van der Waals surface area contributed by atoms with Crippen molar-refractivity contribution in [2.75, 3.05) is 18.9 Å². The van der Waals surface area contributed by atoms with E-state index in [2.05, 4.69) is 20.7 Å². The summed E-state index contributed by atoms with van der Waals surface area (Å²) in [5.41, 5.74) is -0.497. The van der Waals surface area contributed by atoms with Crippen LogP contribution in [0.15, 0.2) is 39.7 Å². The van der Waals surface area contributed by atoms with Crippen molar-refractivity contribution < 1.29 is 32.2 Å². The lowest BCUT2D eigenvalue weighted by Crippen LogP contribution is -2.17. The summed E-state index contributed by atoms with van der Waals surface area (Å²) in [6.07, 6.45) is 0. The molecule has 0 heterocycles. The van der Waals surface area contributed by atoms with Crippen LogP contribution >= 0.6 is 15.9 Å². The van der Waals surface area contributed by atoms with Gasteiger partial charge in [0.15, 0.2) is 11.5 Å². The van der Waals surface area contributed by atoms with E-state index in [1.807, 2.05) is 0 Å². The summed E-state index contributed by atoms with van der Waals surface area (Å²) in [4.78, 5) is 10.5. The SMILES string of the molecule is COc1cc(F)c(S(=O)(=O)Nc2cc(Br)ccc2C(=O)O)cc1OC. The standard InChI is InChI=1S/C15H13BrFNO6S/c1-23-12-6-10(17)14(7-13(12)24-2)25(21,22)18-11-5-8(16)3-4-9(11)15(19)20/h3-7,18H,1-2H3,(H,19,20). The Morgan fingerprint density at radius 2 is 1.76 bits per heavy atom. The Balaban J connectivity index is 2.54. The summed E-state index contributed by atoms with van der Waals surface area (Å²) in [6.45, 7) is 0. The van der Waals surface area contributed by atoms with Gasteiger partial charge < -0.3 is 14.6 Å². The first-order valence-corrected chi connectivity index (χ1v) is 8.94. The van der Waals surface area contributed by atoms with E-state index in [0.29, 0.717) is 4.47 Å². The molecule has 25 heavy (non-hydrogen) atoms. The topological polar surface area (TPSA) is 102 Å². The van der Waals surface area contributed by atoms with Gasteiger partial charge >= 0.3 is 5.97 Å². The van der Waals surface area contributed by atoms with Crippen molar-refractivity contribution >= 4 is 37.6 Å². The molecule has 0 radical (unpaired) electrons. The van der Waals surface area contributed by atoms with Gasteiger partial charge in [0.2, 0.25) is 0 Å². The number of hydrogen-bond donors (Lipinski definition) is 2. The first kappa shape index (κ1) is 19.0. The fraction of sp³-hybridized carbons (Fsp3) is 0.133. The second kappa shape index (κ2) is 7.28. The number of carboxylic acids is 1. The van der Waals surface area contributed by atoms with Crippen LogP contribution in [0.25, 0.3) is 0 Å². The maximum atomic E-state index is 14.2. The number of carboxylic acid groups (broad SMARTS) is 1. The maximum absolute atomic E-state index is 14.2. The molecule has 0 unspecified atom stereocenters. The van der Waals surface area contributed by atoms with Gasteiger partial charge in [-0.3, -0.25) is 4.72 Å². The first-order chi connectivity index (χ1) is 11.7. The molecule has 0 spiro atoms. The molecule has 2 aromatic rings. The minimum atomic E-state index is -4.42. The summed E-state index contributed by atoms with van der Waals surface area (Å²) < 4.78 is 51.7. The highest BCUT2D eigenvalue weighted by Gasteiger charge is 2.24. The van der Waals surface area contributed by atoms with Crippen LogP contribution in [0.1, 0.15) is 10.4 Å². The fourth-order valence-corrected chi connectivity index (χ4v) is 3.54. The summed E-state index contributed by atoms with van der Waals surface area (Å²) in [7, 11) is -1.86. The predicted molar refractivity (Wildman–Crippen MR) is 91.4 cm³/mol. The number of halogens is 2. The van der Waals surface area contributed by atoms with E-state index < -0.39 is 26.7 Å². The molecule has 0 saturated heterocycles. The second-order valence-electron chi connectivity index (χ2n) is 4.74. The monoisotopic (exact) mass is 433 g/mol. The highest BCUT2D eigenvalue weighted by molar-refractivity contribution is 9.10. The lowest BCUT2D eigenvalue weighted by molar-refractivity contribution is 0.0698. The number of sulfonamides is 1. The molecule has 0 aromatic heterocycles. The van der Waals surface area contributed by atoms with Crippen molar-refractivity contribution in [1.82, 2.24) is 0 Å². The van der Waals surface area contributed by atoms with Crippen LogP contribution in [0.2, 0.25) is 0 Å². The van der Waals surface area contributed by atoms with Gasteiger partial charge in [0.05, 0.1) is 25.5 Å². The van der Waals surface area contributed by atoms with Crippen LogP contribution in [0.3, 0.4) is 0 Å². The van der Waals surface area contributed by atoms with Crippen molar-refractivity contribution in [2.45, 2.75) is 4.90 Å². The normalized spacial score (nSPS) is 11.0. The molecule has 0 fully saturated rings. The van der Waals surface area contributed by atoms with Gasteiger partial charge in [-0.1, -0.05) is 15.9 Å². The van der Waals surface area contributed by atoms with E-state index in [1.165, 1.54) is 32.4 Å². The Morgan fingerprint density at radius 3 is 2.32 bits per heavy atom. The Labute approximate surface area is 151 Å². The van der Waals surface area contributed by atoms with E-state index in [-0.39, 0.29) is 22.7 Å². The van der Waals surface area contributed by atoms with Crippen LogP contribution in [0.5, 0.6) is 11.5 Å². The number of benzene rings is 2. The van der Waals surface area contributed by atoms with Crippen molar-refractivity contribution in [3.63, 3.8) is 0 Å². The number of ether oxygens (including phenoxy) is 2. The second-order valence-corrected chi connectivity index (χ2v) is 7.30. The molecule has 134 valence electrons. The zero-order chi connectivity index (χ0) is 18.8. The molecule has 0 aliphatic heterocycles. The van der Waals surface area contributed by atoms with Crippen LogP contribution < -0.4 is 14.2 Å². The summed E-state index contributed by atoms with van der Waals surface area (Å²) >= 11 is 3.13. The third kappa shape index (κ3) is 4.02. The predicted octanol–water partition coefficient (Wildman–Crippen LogP) is 3.10. The maximum Gasteiger partial charge on any atom is 0.337 e. The third-order valence-electron chi connectivity index (χ3n) is 3.18. The zero-order valence-corrected chi connectivity index (χ0v) is 15.4. The number of hydrogen-bond acceptors (Lipinski definition) is 5. The molecule has 0 saturated carbocycles. The van der Waals surface area contributed by atoms with Gasteiger partial charge in [0.1, 0.15) is 10.7 Å². The van der Waals surface area contributed by atoms with E-state index in [9.17, 15) is 17.6 Å². The van der Waals surface area contributed by atoms with E-state index >= 15 is 0 Å². The van der Waals surface area contributed by atoms with Gasteiger partial charge in [0, 0.05) is 16.6 Å². The van der Waals surface area contributed by atoms with Crippen molar-refractivity contribution in [3.05, 3.63) is 46.2 Å². The molecule has 0 aliphatic rings. The van der Waals surface area contributed by atoms with Gasteiger partial charge in [-0.25, -0.2) is 17.6 Å². The molecular formula is C15H13BrFNO6S. The van der Waals surface area contributed by atoms with Crippen LogP contribution in [0, 0.1) is 5.82 Å². The molecule has 2 rings (SSSR count). The molecule has 0 bridgehead atoms. The smallest absolute Gasteiger partial charge is 0.337 e. The van der Waals surface area contributed by atoms with Crippen molar-refractivity contribution in [1.29, 1.82) is 0 Å². The van der Waals surface area contributed by atoms with Crippen LogP contribution in [-0.2, 0) is 10.0 Å². The van der Waals surface area contributed by atoms with Gasteiger partial charge in [-0.15, -0.1) is 0 Å². The van der Waals surface area contributed by atoms with Crippen molar-refractivity contribution in [3.8, 4) is 11.5 Å². The average Bonchev–Trinajstić information content (AvgIpc) is 2.53. The minimum absolute atomic E-state index is 0.0111. The Hall–Kier alpha value is -2.33.